The summed E-state index contributed by atoms with van der Waals surface area (Å²) in [5, 5.41) is 8.84. The maximum absolute atomic E-state index is 12.4. The fourth-order valence-electron chi connectivity index (χ4n) is 1.63. The third-order valence-electron chi connectivity index (χ3n) is 2.71. The van der Waals surface area contributed by atoms with Crippen molar-refractivity contribution < 1.29 is 18.3 Å². The van der Waals surface area contributed by atoms with E-state index in [9.17, 15) is 13.2 Å². The lowest BCUT2D eigenvalue weighted by molar-refractivity contribution is -0.137. The molecular weight excluding hydrogens is 333 g/mol. The number of hydrogen-bond acceptors (Lipinski definition) is 4. The lowest BCUT2D eigenvalue weighted by Crippen LogP contribution is -2.37. The molecule has 0 saturated heterocycles. The number of halogens is 2. The van der Waals surface area contributed by atoms with Gasteiger partial charge in [0.1, 0.15) is 15.8 Å². The number of hydrogen-bond donors (Lipinski definition) is 1. The van der Waals surface area contributed by atoms with Crippen LogP contribution >= 0.6 is 34.5 Å². The first-order chi connectivity index (χ1) is 8.80. The number of rotatable bonds is 6. The molecule has 0 amide bonds. The Balaban J connectivity index is 2.32. The van der Waals surface area contributed by atoms with Gasteiger partial charge in [-0.25, -0.2) is 8.42 Å². The molecule has 1 aromatic rings. The van der Waals surface area contributed by atoms with Crippen molar-refractivity contribution in [1.29, 1.82) is 0 Å². The first kappa shape index (κ1) is 15.1. The van der Waals surface area contributed by atoms with Crippen LogP contribution in [0.3, 0.4) is 0 Å². The lowest BCUT2D eigenvalue weighted by Gasteiger charge is -2.19. The summed E-state index contributed by atoms with van der Waals surface area (Å²) in [7, 11) is -3.91. The van der Waals surface area contributed by atoms with Gasteiger partial charge in [-0.15, -0.1) is 11.3 Å². The molecule has 0 bridgehead atoms. The largest absolute Gasteiger partial charge is 0.480 e. The molecule has 1 fully saturated rings. The van der Waals surface area contributed by atoms with Gasteiger partial charge in [0.25, 0.3) is 0 Å². The zero-order chi connectivity index (χ0) is 14.2. The molecule has 0 aliphatic heterocycles. The number of carboxylic acid groups (broad SMARTS) is 1. The van der Waals surface area contributed by atoms with E-state index in [1.807, 2.05) is 0 Å². The molecule has 1 saturated carbocycles. The number of carbonyl (C=O) groups is 1. The third-order valence-corrected chi connectivity index (χ3v) is 6.28. The van der Waals surface area contributed by atoms with E-state index < -0.39 is 22.5 Å². The number of sulfonamides is 1. The highest BCUT2D eigenvalue weighted by Crippen LogP contribution is 2.37. The zero-order valence-corrected chi connectivity index (χ0v) is 12.8. The van der Waals surface area contributed by atoms with E-state index in [-0.39, 0.29) is 26.0 Å². The monoisotopic (exact) mass is 343 g/mol. The van der Waals surface area contributed by atoms with Crippen LogP contribution < -0.4 is 0 Å². The summed E-state index contributed by atoms with van der Waals surface area (Å²) in [4.78, 5) is 10.7. The molecule has 0 spiro atoms. The molecule has 9 heteroatoms. The highest BCUT2D eigenvalue weighted by Gasteiger charge is 2.34. The fraction of sp³-hybridized carbons (Fsp3) is 0.500. The highest BCUT2D eigenvalue weighted by molar-refractivity contribution is 7.89. The molecule has 0 aromatic carbocycles. The molecule has 0 radical (unpaired) electrons. The second-order valence-corrected chi connectivity index (χ2v) is 8.52. The van der Waals surface area contributed by atoms with Crippen LogP contribution in [0.2, 0.25) is 8.67 Å². The molecule has 2 rings (SSSR count). The summed E-state index contributed by atoms with van der Waals surface area (Å²) in [5.74, 6) is -0.955. The predicted octanol–water partition coefficient (Wildman–Crippen LogP) is 2.54. The van der Waals surface area contributed by atoms with Crippen LogP contribution in [0.4, 0.5) is 0 Å². The molecule has 0 atom stereocenters. The standard InChI is InChI=1S/C10H11Cl2NO4S2/c11-8-3-7(10(12)18-8)19(16,17)13(5-9(14)15)4-6-1-2-6/h3,6H,1-2,4-5H2,(H,14,15). The Morgan fingerprint density at radius 3 is 2.53 bits per heavy atom. The van der Waals surface area contributed by atoms with E-state index in [0.29, 0.717) is 0 Å². The molecule has 1 N–H and O–H groups in total. The summed E-state index contributed by atoms with van der Waals surface area (Å²) in [5.41, 5.74) is 0. The molecule has 106 valence electrons. The van der Waals surface area contributed by atoms with E-state index in [0.717, 1.165) is 28.5 Å². The maximum atomic E-state index is 12.4. The van der Waals surface area contributed by atoms with Gasteiger partial charge >= 0.3 is 5.97 Å². The summed E-state index contributed by atoms with van der Waals surface area (Å²) < 4.78 is 26.0. The van der Waals surface area contributed by atoms with Gasteiger partial charge in [0, 0.05) is 6.54 Å². The van der Waals surface area contributed by atoms with Gasteiger partial charge in [0.2, 0.25) is 10.0 Å². The Bertz CT molecular complexity index is 595. The van der Waals surface area contributed by atoms with Crippen LogP contribution in [0.5, 0.6) is 0 Å². The van der Waals surface area contributed by atoms with E-state index in [1.54, 1.807) is 0 Å². The molecule has 1 aliphatic carbocycles. The SMILES string of the molecule is O=C(O)CN(CC1CC1)S(=O)(=O)c1cc(Cl)sc1Cl. The average molecular weight is 344 g/mol. The van der Waals surface area contributed by atoms with Crippen molar-refractivity contribution in [2.75, 3.05) is 13.1 Å². The molecule has 0 unspecified atom stereocenters. The first-order valence-electron chi connectivity index (χ1n) is 5.47. The van der Waals surface area contributed by atoms with Gasteiger partial charge in [-0.2, -0.15) is 4.31 Å². The number of nitrogens with zero attached hydrogens (tertiary/aromatic N) is 1. The number of thiophene rings is 1. The van der Waals surface area contributed by atoms with E-state index in [4.69, 9.17) is 28.3 Å². The second kappa shape index (κ2) is 5.57. The van der Waals surface area contributed by atoms with Crippen molar-refractivity contribution in [3.63, 3.8) is 0 Å². The first-order valence-corrected chi connectivity index (χ1v) is 8.48. The molecule has 1 heterocycles. The zero-order valence-electron chi connectivity index (χ0n) is 9.67. The van der Waals surface area contributed by atoms with Crippen LogP contribution in [0.25, 0.3) is 0 Å². The van der Waals surface area contributed by atoms with Crippen molar-refractivity contribution >= 4 is 50.5 Å². The molecule has 5 nitrogen and oxygen atoms in total. The highest BCUT2D eigenvalue weighted by atomic mass is 35.5. The fourth-order valence-corrected chi connectivity index (χ4v) is 5.21. The van der Waals surface area contributed by atoms with E-state index in [1.165, 1.54) is 6.07 Å². The Morgan fingerprint density at radius 1 is 1.47 bits per heavy atom. The molecule has 19 heavy (non-hydrogen) atoms. The van der Waals surface area contributed by atoms with Gasteiger partial charge in [-0.05, 0) is 24.8 Å². The minimum absolute atomic E-state index is 0.0520. The minimum Gasteiger partial charge on any atom is -0.480 e. The van der Waals surface area contributed by atoms with Crippen LogP contribution in [0.1, 0.15) is 12.8 Å². The van der Waals surface area contributed by atoms with Crippen molar-refractivity contribution in [2.24, 2.45) is 5.92 Å². The van der Waals surface area contributed by atoms with Crippen LogP contribution in [-0.4, -0.2) is 36.9 Å². The summed E-state index contributed by atoms with van der Waals surface area (Å²) >= 11 is 12.5. The third kappa shape index (κ3) is 3.61. The molecule has 1 aliphatic rings. The molecule has 1 aromatic heterocycles. The Labute approximate surface area is 124 Å². The average Bonchev–Trinajstić information content (AvgIpc) is 3.01. The summed E-state index contributed by atoms with van der Waals surface area (Å²) in [6.45, 7) is -0.360. The van der Waals surface area contributed by atoms with Gasteiger partial charge in [-0.3, -0.25) is 4.79 Å². The normalized spacial score (nSPS) is 15.9. The topological polar surface area (TPSA) is 74.7 Å². The van der Waals surface area contributed by atoms with Crippen molar-refractivity contribution in [3.8, 4) is 0 Å². The number of aliphatic carboxylic acids is 1. The van der Waals surface area contributed by atoms with Crippen LogP contribution in [0.15, 0.2) is 11.0 Å². The van der Waals surface area contributed by atoms with Crippen molar-refractivity contribution in [2.45, 2.75) is 17.7 Å². The van der Waals surface area contributed by atoms with Gasteiger partial charge in [0.15, 0.2) is 0 Å². The van der Waals surface area contributed by atoms with Gasteiger partial charge in [-0.1, -0.05) is 23.2 Å². The minimum atomic E-state index is -3.91. The predicted molar refractivity (Wildman–Crippen MR) is 73.5 cm³/mol. The lowest BCUT2D eigenvalue weighted by atomic mass is 10.4. The summed E-state index contributed by atoms with van der Waals surface area (Å²) in [6.07, 6.45) is 1.84. The van der Waals surface area contributed by atoms with Gasteiger partial charge < -0.3 is 5.11 Å². The van der Waals surface area contributed by atoms with E-state index in [2.05, 4.69) is 0 Å². The Kier molecular flexibility index (Phi) is 4.42. The number of carboxylic acids is 1. The van der Waals surface area contributed by atoms with Crippen LogP contribution in [0, 0.1) is 5.92 Å². The quantitative estimate of drug-likeness (QED) is 0.861. The summed E-state index contributed by atoms with van der Waals surface area (Å²) in [6, 6.07) is 1.26. The molecular formula is C10H11Cl2NO4S2. The maximum Gasteiger partial charge on any atom is 0.318 e. The Hall–Kier alpha value is -0.340. The second-order valence-electron chi connectivity index (χ2n) is 4.32. The van der Waals surface area contributed by atoms with Crippen LogP contribution in [-0.2, 0) is 14.8 Å². The van der Waals surface area contributed by atoms with Crippen molar-refractivity contribution in [1.82, 2.24) is 4.31 Å². The Morgan fingerprint density at radius 2 is 2.11 bits per heavy atom. The van der Waals surface area contributed by atoms with E-state index >= 15 is 0 Å². The van der Waals surface area contributed by atoms with Crippen molar-refractivity contribution in [3.05, 3.63) is 14.7 Å². The van der Waals surface area contributed by atoms with Gasteiger partial charge in [0.05, 0.1) is 4.34 Å². The smallest absolute Gasteiger partial charge is 0.318 e.